The van der Waals surface area contributed by atoms with Crippen molar-refractivity contribution in [2.45, 2.75) is 219 Å². The first-order valence-electron chi connectivity index (χ1n) is 23.7. The Bertz CT molecular complexity index is 1200. The summed E-state index contributed by atoms with van der Waals surface area (Å²) in [4.78, 5) is 46.0. The van der Waals surface area contributed by atoms with Crippen molar-refractivity contribution in [3.8, 4) is 0 Å². The summed E-state index contributed by atoms with van der Waals surface area (Å²) in [5, 5.41) is 21.9. The number of amides is 1. The highest BCUT2D eigenvalue weighted by Gasteiger charge is 2.28. The van der Waals surface area contributed by atoms with E-state index in [1.54, 1.807) is 0 Å². The normalized spacial score (nSPS) is 14.1. The lowest BCUT2D eigenvalue weighted by Crippen LogP contribution is -2.43. The van der Waals surface area contributed by atoms with Gasteiger partial charge in [-0.2, -0.15) is 0 Å². The number of carbonyl (C=O) groups excluding carboxylic acids is 2. The predicted molar refractivity (Wildman–Crippen MR) is 245 cm³/mol. The van der Waals surface area contributed by atoms with Gasteiger partial charge >= 0.3 is 19.8 Å². The lowest BCUT2D eigenvalue weighted by Gasteiger charge is -2.18. The molecule has 0 aliphatic rings. The van der Waals surface area contributed by atoms with Crippen LogP contribution in [0, 0.1) is 0 Å². The zero-order chi connectivity index (χ0) is 44.2. The Balaban J connectivity index is 3.88. The van der Waals surface area contributed by atoms with Crippen molar-refractivity contribution >= 4 is 25.7 Å². The maximum Gasteiger partial charge on any atom is 0.472 e. The molecule has 0 saturated carbocycles. The second-order valence-corrected chi connectivity index (χ2v) is 17.4. The highest BCUT2D eigenvalue weighted by molar-refractivity contribution is 7.47. The van der Waals surface area contributed by atoms with Crippen LogP contribution in [0.15, 0.2) is 48.6 Å². The van der Waals surface area contributed by atoms with Gasteiger partial charge in [0.05, 0.1) is 13.2 Å². The van der Waals surface area contributed by atoms with Crippen LogP contribution in [0.5, 0.6) is 0 Å². The first-order valence-corrected chi connectivity index (χ1v) is 25.2. The van der Waals surface area contributed by atoms with Crippen molar-refractivity contribution in [3.05, 3.63) is 48.6 Å². The number of carbonyl (C=O) groups is 3. The van der Waals surface area contributed by atoms with Crippen LogP contribution < -0.4 is 5.32 Å². The highest BCUT2D eigenvalue weighted by Crippen LogP contribution is 2.43. The van der Waals surface area contributed by atoms with Crippen molar-refractivity contribution in [2.24, 2.45) is 0 Å². The number of esters is 1. The number of aliphatic hydroxyl groups excluding tert-OH is 1. The van der Waals surface area contributed by atoms with Crippen molar-refractivity contribution in [1.82, 2.24) is 5.32 Å². The summed E-state index contributed by atoms with van der Waals surface area (Å²) in [5.41, 5.74) is 0. The van der Waals surface area contributed by atoms with Gasteiger partial charge in [0.15, 0.2) is 6.04 Å². The second-order valence-electron chi connectivity index (χ2n) is 15.9. The van der Waals surface area contributed by atoms with Crippen LogP contribution in [-0.4, -0.2) is 64.9 Å². The second kappa shape index (κ2) is 43.1. The van der Waals surface area contributed by atoms with Gasteiger partial charge in [0, 0.05) is 12.8 Å². The lowest BCUT2D eigenvalue weighted by atomic mass is 10.1. The maximum absolute atomic E-state index is 12.3. The van der Waals surface area contributed by atoms with Crippen LogP contribution in [0.4, 0.5) is 0 Å². The van der Waals surface area contributed by atoms with Crippen molar-refractivity contribution < 1.29 is 47.8 Å². The fraction of sp³-hybridized carbons (Fsp3) is 0.771. The molecule has 0 saturated heterocycles. The number of aliphatic carboxylic acids is 1. The molecule has 60 heavy (non-hydrogen) atoms. The summed E-state index contributed by atoms with van der Waals surface area (Å²) in [6, 6.07) is -1.55. The predicted octanol–water partition coefficient (Wildman–Crippen LogP) is 12.6. The molecular weight excluding hydrogens is 781 g/mol. The van der Waals surface area contributed by atoms with Crippen molar-refractivity contribution in [3.63, 3.8) is 0 Å². The zero-order valence-corrected chi connectivity index (χ0v) is 38.6. The van der Waals surface area contributed by atoms with E-state index in [1.807, 2.05) is 0 Å². The number of aliphatic hydroxyl groups is 1. The number of unbranched alkanes of at least 4 members (excludes halogenated alkanes) is 22. The lowest BCUT2D eigenvalue weighted by molar-refractivity contribution is -0.147. The van der Waals surface area contributed by atoms with Gasteiger partial charge in [-0.1, -0.05) is 165 Å². The number of hydrogen-bond acceptors (Lipinski definition) is 8. The van der Waals surface area contributed by atoms with E-state index in [-0.39, 0.29) is 12.8 Å². The number of ether oxygens (including phenoxy) is 1. The Morgan fingerprint density at radius 1 is 0.533 bits per heavy atom. The summed E-state index contributed by atoms with van der Waals surface area (Å²) in [6.07, 6.45) is 48.4. The van der Waals surface area contributed by atoms with Gasteiger partial charge in [0.2, 0.25) is 5.91 Å². The zero-order valence-electron chi connectivity index (χ0n) is 37.8. The van der Waals surface area contributed by atoms with Gasteiger partial charge in [0.1, 0.15) is 12.7 Å². The molecule has 0 aromatic heterocycles. The number of rotatable bonds is 44. The van der Waals surface area contributed by atoms with E-state index in [9.17, 15) is 34.1 Å². The topological polar surface area (TPSA) is 169 Å². The molecule has 348 valence electrons. The van der Waals surface area contributed by atoms with E-state index in [4.69, 9.17) is 13.8 Å². The van der Waals surface area contributed by atoms with Gasteiger partial charge in [-0.05, 0) is 77.0 Å². The number of phosphoric ester groups is 1. The number of nitrogens with one attached hydrogen (secondary N) is 1. The van der Waals surface area contributed by atoms with Crippen LogP contribution in [0.1, 0.15) is 206 Å². The van der Waals surface area contributed by atoms with Crippen LogP contribution in [0.25, 0.3) is 0 Å². The Labute approximate surface area is 364 Å². The van der Waals surface area contributed by atoms with Gasteiger partial charge in [-0.15, -0.1) is 0 Å². The minimum Gasteiger partial charge on any atom is -0.480 e. The minimum atomic E-state index is -4.76. The number of allylic oxidation sites excluding steroid dienone is 8. The molecule has 0 radical (unpaired) electrons. The SMILES string of the molecule is CCCCC/C=C\C/C=C\C/C=C\CCCCCCCCCCC(=O)OCC(O)COP(=O)(O)OCC(NC(=O)CCCCCCC/C=C\CCCCCCCC)C(=O)O. The average Bonchev–Trinajstić information content (AvgIpc) is 3.22. The molecule has 0 heterocycles. The number of hydrogen-bond donors (Lipinski definition) is 4. The van der Waals surface area contributed by atoms with Gasteiger partial charge in [-0.3, -0.25) is 18.6 Å². The van der Waals surface area contributed by atoms with E-state index in [0.29, 0.717) is 12.8 Å². The molecule has 12 heteroatoms. The smallest absolute Gasteiger partial charge is 0.472 e. The fourth-order valence-corrected chi connectivity index (χ4v) is 7.15. The third-order valence-corrected chi connectivity index (χ3v) is 11.0. The summed E-state index contributed by atoms with van der Waals surface area (Å²) in [7, 11) is -4.76. The molecule has 0 aliphatic carbocycles. The van der Waals surface area contributed by atoms with Crippen LogP contribution in [0.2, 0.25) is 0 Å². The summed E-state index contributed by atoms with van der Waals surface area (Å²) < 4.78 is 26.9. The quantitative estimate of drug-likeness (QED) is 0.0200. The van der Waals surface area contributed by atoms with Crippen molar-refractivity contribution in [2.75, 3.05) is 19.8 Å². The van der Waals surface area contributed by atoms with E-state index in [2.05, 4.69) is 67.8 Å². The van der Waals surface area contributed by atoms with Crippen LogP contribution >= 0.6 is 7.82 Å². The van der Waals surface area contributed by atoms with Gasteiger partial charge in [0.25, 0.3) is 0 Å². The molecule has 0 aromatic carbocycles. The van der Waals surface area contributed by atoms with Gasteiger partial charge in [-0.25, -0.2) is 9.36 Å². The molecule has 3 unspecified atom stereocenters. The molecule has 0 aromatic rings. The Hall–Kier alpha value is -2.56. The van der Waals surface area contributed by atoms with Crippen molar-refractivity contribution in [1.29, 1.82) is 0 Å². The van der Waals surface area contributed by atoms with Gasteiger partial charge < -0.3 is 25.2 Å². The molecule has 0 bridgehead atoms. The standard InChI is InChI=1S/C48H86NO10P/c1-3-5-7-9-11-13-15-17-19-20-21-22-23-24-26-28-30-32-34-36-38-40-47(52)57-41-44(50)42-58-60(55,56)59-43-45(48(53)54)49-46(51)39-37-35-33-31-29-27-25-18-16-14-12-10-8-6-4-2/h11,13,17-19,21-22,25,44-45,50H,3-10,12,14-16,20,23-24,26-43H2,1-2H3,(H,49,51)(H,53,54)(H,55,56)/b13-11-,19-17-,22-21-,25-18-. The Kier molecular flexibility index (Phi) is 41.3. The van der Waals surface area contributed by atoms with Crippen LogP contribution in [0.3, 0.4) is 0 Å². The molecule has 1 amide bonds. The van der Waals surface area contributed by atoms with E-state index in [0.717, 1.165) is 77.0 Å². The third-order valence-electron chi connectivity index (χ3n) is 10.1. The Morgan fingerprint density at radius 3 is 1.42 bits per heavy atom. The van der Waals surface area contributed by atoms with E-state index in [1.165, 1.54) is 89.9 Å². The molecule has 0 fully saturated rings. The monoisotopic (exact) mass is 868 g/mol. The summed E-state index contributed by atoms with van der Waals surface area (Å²) >= 11 is 0. The number of carboxylic acid groups (broad SMARTS) is 1. The average molecular weight is 868 g/mol. The largest absolute Gasteiger partial charge is 0.480 e. The molecule has 0 spiro atoms. The molecule has 4 N–H and O–H groups in total. The van der Waals surface area contributed by atoms with E-state index >= 15 is 0 Å². The molecule has 11 nitrogen and oxygen atoms in total. The Morgan fingerprint density at radius 2 is 0.917 bits per heavy atom. The summed E-state index contributed by atoms with van der Waals surface area (Å²) in [6.45, 7) is 2.55. The molecule has 0 aliphatic heterocycles. The highest BCUT2D eigenvalue weighted by atomic mass is 31.2. The maximum atomic E-state index is 12.3. The third kappa shape index (κ3) is 42.1. The van der Waals surface area contributed by atoms with Crippen LogP contribution in [-0.2, 0) is 32.7 Å². The molecule has 3 atom stereocenters. The molecular formula is C48H86NO10P. The van der Waals surface area contributed by atoms with E-state index < -0.39 is 57.6 Å². The number of phosphoric acid groups is 1. The first-order chi connectivity index (χ1) is 29.1. The minimum absolute atomic E-state index is 0.135. The fourth-order valence-electron chi connectivity index (χ4n) is 6.38. The first kappa shape index (κ1) is 57.4. The summed E-state index contributed by atoms with van der Waals surface area (Å²) in [5.74, 6) is -2.39. The number of carboxylic acids is 1. The molecule has 0 rings (SSSR count).